The van der Waals surface area contributed by atoms with Crippen LogP contribution in [0, 0.1) is 11.8 Å². The van der Waals surface area contributed by atoms with Crippen LogP contribution in [0.2, 0.25) is 0 Å². The Kier molecular flexibility index (Phi) is 7.40. The van der Waals surface area contributed by atoms with Gasteiger partial charge < -0.3 is 4.74 Å². The van der Waals surface area contributed by atoms with Crippen LogP contribution in [0.4, 0.5) is 5.69 Å². The molecule has 3 aromatic rings. The molecule has 0 aromatic heterocycles. The molecule has 1 saturated carbocycles. The molecule has 0 radical (unpaired) electrons. The van der Waals surface area contributed by atoms with E-state index >= 15 is 0 Å². The summed E-state index contributed by atoms with van der Waals surface area (Å²) in [5.74, 6) is -2.29. The number of esters is 1. The van der Waals surface area contributed by atoms with Gasteiger partial charge in [0.2, 0.25) is 11.8 Å². The zero-order chi connectivity index (χ0) is 26.1. The third-order valence-electron chi connectivity index (χ3n) is 6.90. The highest BCUT2D eigenvalue weighted by atomic mass is 79.9. The molecular formula is C29H23Br2NO5. The number of anilines is 1. The fourth-order valence-corrected chi connectivity index (χ4v) is 6.14. The van der Waals surface area contributed by atoms with Crippen molar-refractivity contribution in [1.29, 1.82) is 0 Å². The summed E-state index contributed by atoms with van der Waals surface area (Å²) in [5.41, 5.74) is 2.96. The molecule has 6 nitrogen and oxygen atoms in total. The fourth-order valence-electron chi connectivity index (χ4n) is 4.90. The largest absolute Gasteiger partial charge is 0.454 e. The van der Waals surface area contributed by atoms with E-state index in [-0.39, 0.29) is 44.7 Å². The first-order valence-electron chi connectivity index (χ1n) is 12.0. The number of hydrogen-bond donors (Lipinski definition) is 0. The molecule has 1 saturated heterocycles. The van der Waals surface area contributed by atoms with Gasteiger partial charge in [0.05, 0.1) is 23.1 Å². The maximum absolute atomic E-state index is 13.1. The molecule has 5 rings (SSSR count). The van der Waals surface area contributed by atoms with Crippen LogP contribution in [0.25, 0.3) is 11.1 Å². The van der Waals surface area contributed by atoms with Crippen molar-refractivity contribution in [1.82, 2.24) is 0 Å². The van der Waals surface area contributed by atoms with E-state index in [9.17, 15) is 19.2 Å². The van der Waals surface area contributed by atoms with Crippen LogP contribution in [0.1, 0.15) is 33.6 Å². The lowest BCUT2D eigenvalue weighted by Gasteiger charge is -2.29. The van der Waals surface area contributed by atoms with E-state index in [1.807, 2.05) is 42.5 Å². The molecule has 0 spiro atoms. The monoisotopic (exact) mass is 623 g/mol. The molecule has 4 atom stereocenters. The summed E-state index contributed by atoms with van der Waals surface area (Å²) in [6, 6.07) is 23.1. The van der Waals surface area contributed by atoms with Gasteiger partial charge in [-0.25, -0.2) is 4.79 Å². The van der Waals surface area contributed by atoms with Gasteiger partial charge in [-0.15, -0.1) is 0 Å². The van der Waals surface area contributed by atoms with Gasteiger partial charge in [-0.2, -0.15) is 0 Å². The standard InChI is InChI=1S/C29H23Br2NO5/c30-24-14-22-23(15-25(24)31)28(35)32(27(22)34)21-8-4-7-20(13-21)29(36)37-16-26(33)19-11-9-18(10-12-19)17-5-2-1-3-6-17/h1-13,22-25H,14-16H2/t22-,23-,24-,25+/m1/s1. The number of carbonyl (C=O) groups is 4. The minimum Gasteiger partial charge on any atom is -0.454 e. The molecule has 0 N–H and O–H groups in total. The SMILES string of the molecule is O=C(COC(=O)c1cccc(N2C(=O)[C@@H]3C[C@@H](Br)[C@@H](Br)C[C@H]3C2=O)c1)c1ccc(-c2ccccc2)cc1. The van der Waals surface area contributed by atoms with Crippen molar-refractivity contribution in [2.24, 2.45) is 11.8 Å². The van der Waals surface area contributed by atoms with Crippen LogP contribution < -0.4 is 4.90 Å². The van der Waals surface area contributed by atoms with Gasteiger partial charge in [0.25, 0.3) is 0 Å². The Labute approximate surface area is 231 Å². The van der Waals surface area contributed by atoms with Gasteiger partial charge in [-0.3, -0.25) is 19.3 Å². The second-order valence-corrected chi connectivity index (χ2v) is 11.6. The van der Waals surface area contributed by atoms with Crippen molar-refractivity contribution in [2.75, 3.05) is 11.5 Å². The zero-order valence-electron chi connectivity index (χ0n) is 19.7. The topological polar surface area (TPSA) is 80.8 Å². The lowest BCUT2D eigenvalue weighted by molar-refractivity contribution is -0.122. The van der Waals surface area contributed by atoms with Crippen LogP contribution in [-0.4, -0.2) is 39.8 Å². The molecule has 0 unspecified atom stereocenters. The van der Waals surface area contributed by atoms with Crippen molar-refractivity contribution in [3.63, 3.8) is 0 Å². The van der Waals surface area contributed by atoms with Crippen LogP contribution >= 0.6 is 31.9 Å². The molecule has 1 heterocycles. The Morgan fingerprint density at radius 1 is 0.757 bits per heavy atom. The Balaban J connectivity index is 1.24. The first kappa shape index (κ1) is 25.5. The summed E-state index contributed by atoms with van der Waals surface area (Å²) in [4.78, 5) is 52.9. The van der Waals surface area contributed by atoms with E-state index in [1.54, 1.807) is 24.3 Å². The molecule has 2 amide bonds. The minimum absolute atomic E-state index is 0.110. The highest BCUT2D eigenvalue weighted by molar-refractivity contribution is 9.12. The normalized spacial score (nSPS) is 23.0. The van der Waals surface area contributed by atoms with Gasteiger partial charge in [-0.1, -0.05) is 92.5 Å². The molecule has 1 aliphatic heterocycles. The smallest absolute Gasteiger partial charge is 0.338 e. The Hall–Kier alpha value is -3.10. The number of hydrogen-bond acceptors (Lipinski definition) is 5. The molecular weight excluding hydrogens is 602 g/mol. The second kappa shape index (κ2) is 10.7. The quantitative estimate of drug-likeness (QED) is 0.149. The number of halogens is 2. The average molecular weight is 625 g/mol. The van der Waals surface area contributed by atoms with Gasteiger partial charge in [0, 0.05) is 15.2 Å². The molecule has 2 fully saturated rings. The van der Waals surface area contributed by atoms with Gasteiger partial charge in [0.15, 0.2) is 12.4 Å². The number of alkyl halides is 2. The number of amides is 2. The third-order valence-corrected chi connectivity index (χ3v) is 9.63. The minimum atomic E-state index is -0.700. The second-order valence-electron chi connectivity index (χ2n) is 9.22. The lowest BCUT2D eigenvalue weighted by Crippen LogP contribution is -2.34. The molecule has 37 heavy (non-hydrogen) atoms. The molecule has 0 bridgehead atoms. The third kappa shape index (κ3) is 5.18. The van der Waals surface area contributed by atoms with E-state index in [0.717, 1.165) is 11.1 Å². The number of carbonyl (C=O) groups excluding carboxylic acids is 4. The molecule has 3 aromatic carbocycles. The molecule has 8 heteroatoms. The van der Waals surface area contributed by atoms with E-state index in [0.29, 0.717) is 24.1 Å². The number of nitrogens with zero attached hydrogens (tertiary/aromatic N) is 1. The van der Waals surface area contributed by atoms with Crippen molar-refractivity contribution >= 4 is 61.1 Å². The lowest BCUT2D eigenvalue weighted by atomic mass is 9.81. The van der Waals surface area contributed by atoms with Crippen LogP contribution in [0.15, 0.2) is 78.9 Å². The van der Waals surface area contributed by atoms with Gasteiger partial charge in [0.1, 0.15) is 0 Å². The predicted octanol–water partition coefficient (Wildman–Crippen LogP) is 5.82. The van der Waals surface area contributed by atoms with Crippen LogP contribution in [-0.2, 0) is 14.3 Å². The Bertz CT molecular complexity index is 1330. The van der Waals surface area contributed by atoms with E-state index < -0.39 is 12.6 Å². The molecule has 2 aliphatic rings. The summed E-state index contributed by atoms with van der Waals surface area (Å²) in [5, 5.41) is 0. The van der Waals surface area contributed by atoms with E-state index in [4.69, 9.17) is 4.74 Å². The highest BCUT2D eigenvalue weighted by Gasteiger charge is 2.52. The van der Waals surface area contributed by atoms with Crippen LogP contribution in [0.3, 0.4) is 0 Å². The maximum Gasteiger partial charge on any atom is 0.338 e. The fraction of sp³-hybridized carbons (Fsp3) is 0.241. The van der Waals surface area contributed by atoms with Gasteiger partial charge >= 0.3 is 5.97 Å². The number of imide groups is 1. The number of Topliss-reactive ketones (excluding diaryl/α,β-unsaturated/α-hetero) is 1. The maximum atomic E-state index is 13.1. The number of rotatable bonds is 6. The van der Waals surface area contributed by atoms with Crippen molar-refractivity contribution in [3.05, 3.63) is 90.0 Å². The first-order chi connectivity index (χ1) is 17.8. The number of ether oxygens (including phenoxy) is 1. The Morgan fingerprint density at radius 2 is 1.35 bits per heavy atom. The van der Waals surface area contributed by atoms with Crippen molar-refractivity contribution in [3.8, 4) is 11.1 Å². The van der Waals surface area contributed by atoms with Crippen molar-refractivity contribution < 1.29 is 23.9 Å². The summed E-state index contributed by atoms with van der Waals surface area (Å²) in [6.45, 7) is -0.418. The average Bonchev–Trinajstić information content (AvgIpc) is 3.16. The number of benzene rings is 3. The number of ketones is 1. The Morgan fingerprint density at radius 3 is 1.97 bits per heavy atom. The summed E-state index contributed by atoms with van der Waals surface area (Å²) in [7, 11) is 0. The van der Waals surface area contributed by atoms with E-state index in [1.165, 1.54) is 17.0 Å². The summed E-state index contributed by atoms with van der Waals surface area (Å²) >= 11 is 7.17. The highest BCUT2D eigenvalue weighted by Crippen LogP contribution is 2.44. The summed E-state index contributed by atoms with van der Waals surface area (Å²) < 4.78 is 5.26. The summed E-state index contributed by atoms with van der Waals surface area (Å²) in [6.07, 6.45) is 1.13. The van der Waals surface area contributed by atoms with E-state index in [2.05, 4.69) is 31.9 Å². The van der Waals surface area contributed by atoms with Gasteiger partial charge in [-0.05, 0) is 42.2 Å². The van der Waals surface area contributed by atoms with Crippen LogP contribution in [0.5, 0.6) is 0 Å². The number of fused-ring (bicyclic) bond motifs is 1. The molecule has 1 aliphatic carbocycles. The predicted molar refractivity (Wildman–Crippen MR) is 147 cm³/mol. The molecule has 188 valence electrons. The van der Waals surface area contributed by atoms with Crippen molar-refractivity contribution in [2.45, 2.75) is 22.5 Å². The zero-order valence-corrected chi connectivity index (χ0v) is 22.9. The first-order valence-corrected chi connectivity index (χ1v) is 13.8.